The van der Waals surface area contributed by atoms with E-state index in [1.807, 2.05) is 35.0 Å². The summed E-state index contributed by atoms with van der Waals surface area (Å²) in [5, 5.41) is 1.03. The molecule has 0 bridgehead atoms. The van der Waals surface area contributed by atoms with Crippen LogP contribution in [0.3, 0.4) is 0 Å². The molecule has 0 N–H and O–H groups in total. The van der Waals surface area contributed by atoms with Crippen LogP contribution >= 0.6 is 0 Å². The molecule has 2 aromatic heterocycles. The zero-order valence-electron chi connectivity index (χ0n) is 11.9. The largest absolute Gasteiger partial charge is 0.493 e. The van der Waals surface area contributed by atoms with Crippen molar-refractivity contribution in [2.45, 2.75) is 19.9 Å². The molecule has 0 atom stereocenters. The van der Waals surface area contributed by atoms with E-state index in [1.165, 1.54) is 6.26 Å². The molecule has 0 aliphatic carbocycles. The summed E-state index contributed by atoms with van der Waals surface area (Å²) in [4.78, 5) is 12.1. The number of furan rings is 1. The number of carbonyl (C=O) groups is 1. The monoisotopic (exact) mass is 283 g/mol. The lowest BCUT2D eigenvalue weighted by Crippen LogP contribution is -2.08. The number of ether oxygens (including phenoxy) is 1. The Labute approximate surface area is 122 Å². The lowest BCUT2D eigenvalue weighted by Gasteiger charge is -2.07. The summed E-state index contributed by atoms with van der Waals surface area (Å²) < 4.78 is 12.8. The van der Waals surface area contributed by atoms with E-state index in [-0.39, 0.29) is 12.3 Å². The van der Waals surface area contributed by atoms with E-state index in [1.54, 1.807) is 12.1 Å². The van der Waals surface area contributed by atoms with Crippen LogP contribution < -0.4 is 4.74 Å². The molecule has 0 saturated heterocycles. The number of benzene rings is 1. The summed E-state index contributed by atoms with van der Waals surface area (Å²) in [5.74, 6) is 1.20. The zero-order chi connectivity index (χ0) is 14.7. The highest BCUT2D eigenvalue weighted by Gasteiger charge is 2.12. The highest BCUT2D eigenvalue weighted by atomic mass is 16.5. The first-order valence-corrected chi connectivity index (χ1v) is 7.07. The van der Waals surface area contributed by atoms with E-state index in [9.17, 15) is 4.79 Å². The summed E-state index contributed by atoms with van der Waals surface area (Å²) >= 11 is 0. The van der Waals surface area contributed by atoms with Crippen LogP contribution in [-0.2, 0) is 6.54 Å². The van der Waals surface area contributed by atoms with Crippen molar-refractivity contribution in [2.24, 2.45) is 0 Å². The molecule has 0 radical (unpaired) electrons. The first-order valence-electron chi connectivity index (χ1n) is 7.07. The Morgan fingerprint density at radius 3 is 2.90 bits per heavy atom. The van der Waals surface area contributed by atoms with Crippen molar-refractivity contribution in [3.05, 3.63) is 54.6 Å². The van der Waals surface area contributed by atoms with Gasteiger partial charge in [0.1, 0.15) is 5.75 Å². The topological polar surface area (TPSA) is 44.4 Å². The van der Waals surface area contributed by atoms with Crippen LogP contribution in [0.4, 0.5) is 0 Å². The number of carbonyl (C=O) groups excluding carboxylic acids is 1. The Bertz CT molecular complexity index is 741. The van der Waals surface area contributed by atoms with E-state index in [4.69, 9.17) is 9.15 Å². The van der Waals surface area contributed by atoms with E-state index in [0.717, 1.165) is 23.1 Å². The van der Waals surface area contributed by atoms with Gasteiger partial charge in [0.05, 0.1) is 24.9 Å². The maximum atomic E-state index is 12.1. The van der Waals surface area contributed by atoms with Crippen LogP contribution in [0.5, 0.6) is 5.75 Å². The van der Waals surface area contributed by atoms with Crippen LogP contribution in [0.25, 0.3) is 10.9 Å². The molecule has 3 aromatic rings. The smallest absolute Gasteiger partial charge is 0.217 e. The average molecular weight is 283 g/mol. The second kappa shape index (κ2) is 5.87. The molecule has 4 nitrogen and oxygen atoms in total. The van der Waals surface area contributed by atoms with Gasteiger partial charge in [-0.3, -0.25) is 4.79 Å². The number of hydrogen-bond acceptors (Lipinski definition) is 3. The van der Waals surface area contributed by atoms with E-state index >= 15 is 0 Å². The van der Waals surface area contributed by atoms with Crippen LogP contribution in [0.2, 0.25) is 0 Å². The average Bonchev–Trinajstić information content (AvgIpc) is 3.15. The van der Waals surface area contributed by atoms with Gasteiger partial charge in [-0.2, -0.15) is 0 Å². The van der Waals surface area contributed by atoms with Gasteiger partial charge >= 0.3 is 0 Å². The van der Waals surface area contributed by atoms with Crippen molar-refractivity contribution in [1.29, 1.82) is 0 Å². The summed E-state index contributed by atoms with van der Waals surface area (Å²) in [6.45, 7) is 3.03. The van der Waals surface area contributed by atoms with Crippen LogP contribution in [0.15, 0.2) is 53.3 Å². The minimum atomic E-state index is -0.0441. The summed E-state index contributed by atoms with van der Waals surface area (Å²) in [7, 11) is 0. The maximum Gasteiger partial charge on any atom is 0.217 e. The summed E-state index contributed by atoms with van der Waals surface area (Å²) in [6.07, 6.45) is 4.39. The van der Waals surface area contributed by atoms with E-state index in [2.05, 4.69) is 6.92 Å². The van der Waals surface area contributed by atoms with Crippen molar-refractivity contribution in [3.63, 3.8) is 0 Å². The van der Waals surface area contributed by atoms with Crippen LogP contribution in [-0.4, -0.2) is 17.0 Å². The molecule has 0 fully saturated rings. The Balaban J connectivity index is 1.88. The normalized spacial score (nSPS) is 10.9. The van der Waals surface area contributed by atoms with Gasteiger partial charge in [0, 0.05) is 11.6 Å². The molecule has 0 spiro atoms. The first kappa shape index (κ1) is 13.5. The van der Waals surface area contributed by atoms with E-state index < -0.39 is 0 Å². The molecule has 0 saturated carbocycles. The van der Waals surface area contributed by atoms with Crippen LogP contribution in [0, 0.1) is 0 Å². The van der Waals surface area contributed by atoms with E-state index in [0.29, 0.717) is 12.4 Å². The molecule has 0 aliphatic heterocycles. The third kappa shape index (κ3) is 2.70. The standard InChI is InChI=1S/C17H17NO3/c1-2-10-20-16-6-3-5-14-13(16)8-9-18(14)12-15(19)17-7-4-11-21-17/h3-9,11H,2,10,12H2,1H3. The minimum absolute atomic E-state index is 0.0441. The van der Waals surface area contributed by atoms with Crippen molar-refractivity contribution in [3.8, 4) is 5.75 Å². The van der Waals surface area contributed by atoms with Gasteiger partial charge in [-0.05, 0) is 36.8 Å². The Kier molecular flexibility index (Phi) is 3.77. The Hall–Kier alpha value is -2.49. The molecule has 4 heteroatoms. The molecule has 108 valence electrons. The Morgan fingerprint density at radius 1 is 1.24 bits per heavy atom. The van der Waals surface area contributed by atoms with Crippen molar-refractivity contribution in [1.82, 2.24) is 4.57 Å². The number of aromatic nitrogens is 1. The summed E-state index contributed by atoms with van der Waals surface area (Å²) in [5.41, 5.74) is 0.989. The molecule has 0 amide bonds. The Morgan fingerprint density at radius 2 is 2.14 bits per heavy atom. The minimum Gasteiger partial charge on any atom is -0.493 e. The van der Waals surface area contributed by atoms with Gasteiger partial charge in [-0.15, -0.1) is 0 Å². The van der Waals surface area contributed by atoms with Gasteiger partial charge in [0.2, 0.25) is 5.78 Å². The molecule has 21 heavy (non-hydrogen) atoms. The summed E-state index contributed by atoms with van der Waals surface area (Å²) in [6, 6.07) is 11.3. The fourth-order valence-electron chi connectivity index (χ4n) is 2.34. The second-order valence-electron chi connectivity index (χ2n) is 4.88. The van der Waals surface area contributed by atoms with Crippen molar-refractivity contribution in [2.75, 3.05) is 6.61 Å². The van der Waals surface area contributed by atoms with Gasteiger partial charge in [-0.25, -0.2) is 0 Å². The quantitative estimate of drug-likeness (QED) is 0.644. The third-order valence-corrected chi connectivity index (χ3v) is 3.35. The molecular weight excluding hydrogens is 266 g/mol. The number of Topliss-reactive ketones (excluding diaryl/α,β-unsaturated/α-hetero) is 1. The van der Waals surface area contributed by atoms with Crippen molar-refractivity contribution < 1.29 is 13.9 Å². The van der Waals surface area contributed by atoms with Crippen LogP contribution in [0.1, 0.15) is 23.9 Å². The predicted octanol–water partition coefficient (Wildman–Crippen LogP) is 3.91. The highest BCUT2D eigenvalue weighted by molar-refractivity contribution is 5.95. The highest BCUT2D eigenvalue weighted by Crippen LogP contribution is 2.27. The fourth-order valence-corrected chi connectivity index (χ4v) is 2.34. The maximum absolute atomic E-state index is 12.1. The van der Waals surface area contributed by atoms with Gasteiger partial charge in [0.25, 0.3) is 0 Å². The van der Waals surface area contributed by atoms with Gasteiger partial charge in [0.15, 0.2) is 5.76 Å². The third-order valence-electron chi connectivity index (χ3n) is 3.35. The number of rotatable bonds is 6. The zero-order valence-corrected chi connectivity index (χ0v) is 11.9. The fraction of sp³-hybridized carbons (Fsp3) is 0.235. The number of hydrogen-bond donors (Lipinski definition) is 0. The second-order valence-corrected chi connectivity index (χ2v) is 4.88. The lowest BCUT2D eigenvalue weighted by molar-refractivity contribution is 0.0946. The van der Waals surface area contributed by atoms with Gasteiger partial charge < -0.3 is 13.7 Å². The number of ketones is 1. The molecule has 1 aromatic carbocycles. The SMILES string of the molecule is CCCOc1cccc2c1ccn2CC(=O)c1ccco1. The molecule has 0 aliphatic rings. The first-order chi connectivity index (χ1) is 10.3. The predicted molar refractivity (Wildman–Crippen MR) is 80.8 cm³/mol. The van der Waals surface area contributed by atoms with Gasteiger partial charge in [-0.1, -0.05) is 13.0 Å². The molecule has 0 unspecified atom stereocenters. The lowest BCUT2D eigenvalue weighted by atomic mass is 10.2. The molecule has 3 rings (SSSR count). The molecule has 2 heterocycles. The number of fused-ring (bicyclic) bond motifs is 1. The van der Waals surface area contributed by atoms with Crippen molar-refractivity contribution >= 4 is 16.7 Å². The number of nitrogens with zero attached hydrogens (tertiary/aromatic N) is 1. The molecular formula is C17H17NO3.